The van der Waals surface area contributed by atoms with Crippen molar-refractivity contribution in [2.45, 2.75) is 12.8 Å². The number of hydrogen-bond acceptors (Lipinski definition) is 3. The lowest BCUT2D eigenvalue weighted by atomic mass is 9.80. The Morgan fingerprint density at radius 3 is 2.35 bits per heavy atom. The lowest BCUT2D eigenvalue weighted by Gasteiger charge is -2.09. The second kappa shape index (κ2) is 5.48. The summed E-state index contributed by atoms with van der Waals surface area (Å²) in [5.74, 6) is -0.849. The highest BCUT2D eigenvalue weighted by atomic mass is 19.4. The zero-order valence-electron chi connectivity index (χ0n) is 8.54. The van der Waals surface area contributed by atoms with Crippen LogP contribution in [0.2, 0.25) is 0 Å². The predicted octanol–water partition coefficient (Wildman–Crippen LogP) is 0.584. The summed E-state index contributed by atoms with van der Waals surface area (Å²) in [7, 11) is -1.82. The summed E-state index contributed by atoms with van der Waals surface area (Å²) in [5.41, 5.74) is -0.166. The van der Waals surface area contributed by atoms with Gasteiger partial charge in [0, 0.05) is 5.56 Å². The van der Waals surface area contributed by atoms with Crippen LogP contribution in [0, 0.1) is 5.82 Å². The summed E-state index contributed by atoms with van der Waals surface area (Å²) in [4.78, 5) is 0. The Bertz CT molecular complexity index is 381. The molecule has 94 valence electrons. The van der Waals surface area contributed by atoms with Crippen LogP contribution in [0.15, 0.2) is 18.2 Å². The fraction of sp³-hybridized carbons (Fsp3) is 0.333. The standard InChI is InChI=1S/C9H9BF4O3/c11-8-3-7(10(15)16)2-1-6(8)4-17-5-9(12,13)14/h1-3,15-16H,4-5H2. The quantitative estimate of drug-likeness (QED) is 0.608. The molecule has 0 unspecified atom stereocenters. The molecule has 1 aromatic carbocycles. The zero-order valence-corrected chi connectivity index (χ0v) is 8.54. The topological polar surface area (TPSA) is 49.7 Å². The Morgan fingerprint density at radius 1 is 1.24 bits per heavy atom. The molecule has 2 N–H and O–H groups in total. The summed E-state index contributed by atoms with van der Waals surface area (Å²) in [6.45, 7) is -2.00. The molecular formula is C9H9BF4O3. The molecule has 0 aromatic heterocycles. The highest BCUT2D eigenvalue weighted by Crippen LogP contribution is 2.16. The minimum absolute atomic E-state index is 0.0814. The fourth-order valence-electron chi connectivity index (χ4n) is 1.12. The summed E-state index contributed by atoms with van der Waals surface area (Å²) in [6, 6.07) is 3.16. The van der Waals surface area contributed by atoms with Gasteiger partial charge >= 0.3 is 13.3 Å². The molecule has 1 rings (SSSR count). The molecule has 0 fully saturated rings. The fourth-order valence-corrected chi connectivity index (χ4v) is 1.12. The summed E-state index contributed by atoms with van der Waals surface area (Å²) in [6.07, 6.45) is -4.46. The van der Waals surface area contributed by atoms with Crippen LogP contribution in [0.25, 0.3) is 0 Å². The smallest absolute Gasteiger partial charge is 0.423 e. The van der Waals surface area contributed by atoms with E-state index in [1.165, 1.54) is 6.07 Å². The molecule has 0 saturated carbocycles. The lowest BCUT2D eigenvalue weighted by molar-refractivity contribution is -0.176. The highest BCUT2D eigenvalue weighted by Gasteiger charge is 2.27. The van der Waals surface area contributed by atoms with Crippen molar-refractivity contribution in [3.8, 4) is 0 Å². The van der Waals surface area contributed by atoms with Gasteiger partial charge in [-0.2, -0.15) is 13.2 Å². The number of ether oxygens (including phenoxy) is 1. The van der Waals surface area contributed by atoms with Gasteiger partial charge in [0.15, 0.2) is 0 Å². The van der Waals surface area contributed by atoms with Crippen molar-refractivity contribution in [1.82, 2.24) is 0 Å². The molecule has 0 atom stereocenters. The van der Waals surface area contributed by atoms with Gasteiger partial charge in [-0.05, 0) is 11.5 Å². The van der Waals surface area contributed by atoms with Gasteiger partial charge in [-0.15, -0.1) is 0 Å². The first kappa shape index (κ1) is 13.9. The van der Waals surface area contributed by atoms with Crippen molar-refractivity contribution in [2.24, 2.45) is 0 Å². The number of hydrogen-bond donors (Lipinski definition) is 2. The van der Waals surface area contributed by atoms with Crippen LogP contribution < -0.4 is 5.46 Å². The lowest BCUT2D eigenvalue weighted by Crippen LogP contribution is -2.30. The molecule has 8 heteroatoms. The van der Waals surface area contributed by atoms with Crippen LogP contribution in [-0.2, 0) is 11.3 Å². The van der Waals surface area contributed by atoms with E-state index in [2.05, 4.69) is 4.74 Å². The van der Waals surface area contributed by atoms with E-state index < -0.39 is 32.3 Å². The summed E-state index contributed by atoms with van der Waals surface area (Å²) >= 11 is 0. The van der Waals surface area contributed by atoms with E-state index in [-0.39, 0.29) is 11.0 Å². The van der Waals surface area contributed by atoms with Gasteiger partial charge in [-0.3, -0.25) is 0 Å². The minimum atomic E-state index is -4.46. The molecule has 17 heavy (non-hydrogen) atoms. The summed E-state index contributed by atoms with van der Waals surface area (Å²) < 4.78 is 52.8. The molecule has 0 saturated heterocycles. The third-order valence-electron chi connectivity index (χ3n) is 1.90. The van der Waals surface area contributed by atoms with Crippen LogP contribution >= 0.6 is 0 Å². The van der Waals surface area contributed by atoms with Crippen LogP contribution in [-0.4, -0.2) is 29.9 Å². The van der Waals surface area contributed by atoms with Crippen LogP contribution in [0.5, 0.6) is 0 Å². The van der Waals surface area contributed by atoms with Gasteiger partial charge in [0.2, 0.25) is 0 Å². The van der Waals surface area contributed by atoms with E-state index in [4.69, 9.17) is 10.0 Å². The SMILES string of the molecule is OB(O)c1ccc(COCC(F)(F)F)c(F)c1. The molecule has 0 aliphatic carbocycles. The van der Waals surface area contributed by atoms with E-state index in [0.29, 0.717) is 0 Å². The molecule has 0 aliphatic heterocycles. The Hall–Kier alpha value is -1.12. The maximum Gasteiger partial charge on any atom is 0.488 e. The van der Waals surface area contributed by atoms with Crippen molar-refractivity contribution in [2.75, 3.05) is 6.61 Å². The van der Waals surface area contributed by atoms with E-state index in [0.717, 1.165) is 12.1 Å². The molecule has 0 spiro atoms. The molecule has 1 aromatic rings. The van der Waals surface area contributed by atoms with Crippen molar-refractivity contribution in [3.05, 3.63) is 29.6 Å². The van der Waals surface area contributed by atoms with Crippen LogP contribution in [0.3, 0.4) is 0 Å². The minimum Gasteiger partial charge on any atom is -0.423 e. The molecule has 0 amide bonds. The summed E-state index contributed by atoms with van der Waals surface area (Å²) in [5, 5.41) is 17.5. The van der Waals surface area contributed by atoms with Gasteiger partial charge in [-0.25, -0.2) is 4.39 Å². The monoisotopic (exact) mass is 252 g/mol. The van der Waals surface area contributed by atoms with Crippen molar-refractivity contribution in [3.63, 3.8) is 0 Å². The molecule has 0 aliphatic rings. The normalized spacial score (nSPS) is 11.6. The van der Waals surface area contributed by atoms with Crippen LogP contribution in [0.1, 0.15) is 5.56 Å². The van der Waals surface area contributed by atoms with Gasteiger partial charge in [0.25, 0.3) is 0 Å². The molecule has 0 bridgehead atoms. The van der Waals surface area contributed by atoms with Crippen LogP contribution in [0.4, 0.5) is 17.6 Å². The van der Waals surface area contributed by atoms with Crippen molar-refractivity contribution >= 4 is 12.6 Å². The number of halogens is 4. The average molecular weight is 252 g/mol. The number of benzene rings is 1. The third-order valence-corrected chi connectivity index (χ3v) is 1.90. The first-order chi connectivity index (χ1) is 7.79. The van der Waals surface area contributed by atoms with E-state index in [1.807, 2.05) is 0 Å². The first-order valence-electron chi connectivity index (χ1n) is 4.58. The zero-order chi connectivity index (χ0) is 13.1. The number of rotatable bonds is 4. The third kappa shape index (κ3) is 4.72. The highest BCUT2D eigenvalue weighted by molar-refractivity contribution is 6.58. The maximum atomic E-state index is 13.2. The largest absolute Gasteiger partial charge is 0.488 e. The molecule has 0 heterocycles. The second-order valence-electron chi connectivity index (χ2n) is 3.33. The molecule has 0 radical (unpaired) electrons. The molecule has 3 nitrogen and oxygen atoms in total. The van der Waals surface area contributed by atoms with Crippen molar-refractivity contribution < 1.29 is 32.3 Å². The van der Waals surface area contributed by atoms with Gasteiger partial charge in [-0.1, -0.05) is 12.1 Å². The Balaban J connectivity index is 2.61. The van der Waals surface area contributed by atoms with Gasteiger partial charge in [0.05, 0.1) is 6.61 Å². The van der Waals surface area contributed by atoms with E-state index in [1.54, 1.807) is 0 Å². The van der Waals surface area contributed by atoms with Gasteiger partial charge < -0.3 is 14.8 Å². The van der Waals surface area contributed by atoms with E-state index in [9.17, 15) is 17.6 Å². The van der Waals surface area contributed by atoms with E-state index >= 15 is 0 Å². The molecular weight excluding hydrogens is 243 g/mol. The Morgan fingerprint density at radius 2 is 1.88 bits per heavy atom. The Labute approximate surface area is 94.8 Å². The predicted molar refractivity (Wildman–Crippen MR) is 51.9 cm³/mol. The maximum absolute atomic E-state index is 13.2. The van der Waals surface area contributed by atoms with Crippen molar-refractivity contribution in [1.29, 1.82) is 0 Å². The second-order valence-corrected chi connectivity index (χ2v) is 3.33. The Kier molecular flexibility index (Phi) is 4.50. The average Bonchev–Trinajstić information content (AvgIpc) is 2.18. The first-order valence-corrected chi connectivity index (χ1v) is 4.58. The van der Waals surface area contributed by atoms with Gasteiger partial charge in [0.1, 0.15) is 12.4 Å². The number of alkyl halides is 3.